The minimum atomic E-state index is -1.20. The van der Waals surface area contributed by atoms with Gasteiger partial charge < -0.3 is 20.5 Å². The number of ketones is 1. The summed E-state index contributed by atoms with van der Waals surface area (Å²) in [4.78, 5) is 51.2. The van der Waals surface area contributed by atoms with Gasteiger partial charge in [0.15, 0.2) is 5.78 Å². The van der Waals surface area contributed by atoms with Crippen LogP contribution >= 0.6 is 27.7 Å². The number of nitrogens with one attached hydrogen (secondary N) is 2. The second-order valence-electron chi connectivity index (χ2n) is 9.56. The van der Waals surface area contributed by atoms with Crippen molar-refractivity contribution in [2.75, 3.05) is 12.9 Å². The van der Waals surface area contributed by atoms with Gasteiger partial charge in [-0.3, -0.25) is 19.2 Å². The summed E-state index contributed by atoms with van der Waals surface area (Å²) < 4.78 is 6.28. The van der Waals surface area contributed by atoms with Crippen LogP contribution in [-0.2, 0) is 24.9 Å². The molecule has 0 heterocycles. The number of carbonyl (C=O) groups is 4. The van der Waals surface area contributed by atoms with Crippen LogP contribution in [0.15, 0.2) is 53.0 Å². The minimum Gasteiger partial charge on any atom is -0.496 e. The smallest absolute Gasteiger partial charge is 0.305 e. The number of ether oxygens (including phenoxy) is 1. The van der Waals surface area contributed by atoms with Crippen LogP contribution in [0.1, 0.15) is 57.1 Å². The fourth-order valence-corrected chi connectivity index (χ4v) is 5.42. The Morgan fingerprint density at radius 1 is 1.03 bits per heavy atom. The Kier molecular flexibility index (Phi) is 13.5. The lowest BCUT2D eigenvalue weighted by Gasteiger charge is -2.27. The quantitative estimate of drug-likeness (QED) is 0.243. The van der Waals surface area contributed by atoms with Crippen molar-refractivity contribution >= 4 is 51.3 Å². The van der Waals surface area contributed by atoms with Gasteiger partial charge in [0.05, 0.1) is 31.2 Å². The van der Waals surface area contributed by atoms with Gasteiger partial charge in [-0.15, -0.1) is 11.8 Å². The van der Waals surface area contributed by atoms with E-state index in [-0.39, 0.29) is 23.4 Å². The van der Waals surface area contributed by atoms with Crippen LogP contribution in [0.25, 0.3) is 0 Å². The first-order valence-corrected chi connectivity index (χ1v) is 14.8. The highest BCUT2D eigenvalue weighted by Gasteiger charge is 2.32. The van der Waals surface area contributed by atoms with E-state index >= 15 is 0 Å². The van der Waals surface area contributed by atoms with Gasteiger partial charge in [-0.2, -0.15) is 0 Å². The van der Waals surface area contributed by atoms with Crippen LogP contribution in [0.5, 0.6) is 5.75 Å². The molecular weight excluding hydrogens is 584 g/mol. The molecule has 0 aromatic heterocycles. The molecule has 0 aliphatic carbocycles. The van der Waals surface area contributed by atoms with E-state index in [4.69, 9.17) is 4.74 Å². The average Bonchev–Trinajstić information content (AvgIpc) is 2.89. The molecule has 0 saturated carbocycles. The molecule has 8 nitrogen and oxygen atoms in total. The summed E-state index contributed by atoms with van der Waals surface area (Å²) in [7, 11) is 1.54. The molecule has 2 aromatic rings. The van der Waals surface area contributed by atoms with Crippen LogP contribution < -0.4 is 15.4 Å². The maximum Gasteiger partial charge on any atom is 0.305 e. The number of hydrogen-bond donors (Lipinski definition) is 3. The van der Waals surface area contributed by atoms with E-state index in [1.165, 1.54) is 18.9 Å². The maximum atomic E-state index is 13.5. The zero-order valence-corrected chi connectivity index (χ0v) is 25.1. The predicted octanol–water partition coefficient (Wildman–Crippen LogP) is 4.94. The minimum absolute atomic E-state index is 0.0487. The number of carbonyl (C=O) groups excluding carboxylic acids is 3. The predicted molar refractivity (Wildman–Crippen MR) is 157 cm³/mol. The molecular formula is C29H37BrN2O6S. The third-order valence-corrected chi connectivity index (χ3v) is 7.67. The van der Waals surface area contributed by atoms with Crippen molar-refractivity contribution in [3.05, 3.63) is 64.1 Å². The summed E-state index contributed by atoms with van der Waals surface area (Å²) >= 11 is 4.80. The van der Waals surface area contributed by atoms with Crippen LogP contribution in [0.4, 0.5) is 0 Å². The Labute approximate surface area is 242 Å². The lowest BCUT2D eigenvalue weighted by molar-refractivity contribution is -0.140. The number of carboxylic acids is 1. The van der Waals surface area contributed by atoms with E-state index in [2.05, 4.69) is 26.6 Å². The maximum absolute atomic E-state index is 13.5. The van der Waals surface area contributed by atoms with Crippen molar-refractivity contribution in [1.82, 2.24) is 10.6 Å². The summed E-state index contributed by atoms with van der Waals surface area (Å²) in [5.41, 5.74) is 1.74. The van der Waals surface area contributed by atoms with Gasteiger partial charge in [-0.1, -0.05) is 73.5 Å². The zero-order chi connectivity index (χ0) is 28.9. The number of amides is 2. The molecule has 212 valence electrons. The number of thioether (sulfide) groups is 1. The molecule has 3 N–H and O–H groups in total. The van der Waals surface area contributed by atoms with Crippen molar-refractivity contribution in [2.45, 2.75) is 63.8 Å². The molecule has 2 rings (SSSR count). The first-order chi connectivity index (χ1) is 18.6. The number of carboxylic acid groups (broad SMARTS) is 1. The van der Waals surface area contributed by atoms with Crippen LogP contribution in [0, 0.1) is 5.92 Å². The number of methoxy groups -OCH3 is 1. The Bertz CT molecular complexity index is 1130. The number of Topliss-reactive ketones (excluding diaryl/α,β-unsaturated/α-hetero) is 1. The highest BCUT2D eigenvalue weighted by molar-refractivity contribution is 9.10. The van der Waals surface area contributed by atoms with Crippen molar-refractivity contribution in [3.8, 4) is 5.75 Å². The molecule has 0 spiro atoms. The molecule has 0 aliphatic heterocycles. The third kappa shape index (κ3) is 10.3. The molecule has 10 heteroatoms. The number of hydrogen-bond acceptors (Lipinski definition) is 6. The van der Waals surface area contributed by atoms with E-state index in [0.29, 0.717) is 23.5 Å². The summed E-state index contributed by atoms with van der Waals surface area (Å²) in [6.07, 6.45) is 0.717. The van der Waals surface area contributed by atoms with E-state index in [0.717, 1.165) is 16.5 Å². The van der Waals surface area contributed by atoms with E-state index in [1.807, 2.05) is 49.4 Å². The topological polar surface area (TPSA) is 122 Å². The summed E-state index contributed by atoms with van der Waals surface area (Å²) in [6, 6.07) is 12.9. The second-order valence-corrected chi connectivity index (χ2v) is 11.5. The van der Waals surface area contributed by atoms with Crippen molar-refractivity contribution in [2.24, 2.45) is 5.92 Å². The second kappa shape index (κ2) is 16.3. The van der Waals surface area contributed by atoms with Crippen molar-refractivity contribution in [1.29, 1.82) is 0 Å². The average molecular weight is 622 g/mol. The van der Waals surface area contributed by atoms with Gasteiger partial charge in [0.1, 0.15) is 11.8 Å². The normalized spacial score (nSPS) is 13.3. The molecule has 39 heavy (non-hydrogen) atoms. The Balaban J connectivity index is 2.15. The first-order valence-electron chi connectivity index (χ1n) is 12.9. The molecule has 0 unspecified atom stereocenters. The molecule has 0 bridgehead atoms. The van der Waals surface area contributed by atoms with E-state index in [1.54, 1.807) is 19.9 Å². The summed E-state index contributed by atoms with van der Waals surface area (Å²) in [6.45, 7) is 5.53. The van der Waals surface area contributed by atoms with E-state index in [9.17, 15) is 24.3 Å². The van der Waals surface area contributed by atoms with Crippen molar-refractivity contribution in [3.63, 3.8) is 0 Å². The van der Waals surface area contributed by atoms with Gasteiger partial charge >= 0.3 is 5.97 Å². The van der Waals surface area contributed by atoms with Gasteiger partial charge in [-0.25, -0.2) is 0 Å². The molecule has 0 aliphatic rings. The first kappa shape index (κ1) is 32.4. The molecule has 2 aromatic carbocycles. The third-order valence-electron chi connectivity index (χ3n) is 6.15. The number of halogens is 1. The standard InChI is InChI=1S/C29H37BrN2O6S/c1-5-9-21(22-14-20(30)12-13-25(22)38-4)28(36)32-27(18(2)3)29(37)31-23(15-26(34)35)24(33)17-39-16-19-10-7-6-8-11-19/h6-8,10-14,18,21,23,27H,5,9,15-17H2,1-4H3,(H,31,37)(H,32,36)(H,34,35)/t21-,23+,27+/m1/s1. The van der Waals surface area contributed by atoms with E-state index < -0.39 is 36.3 Å². The van der Waals surface area contributed by atoms with Crippen LogP contribution in [-0.4, -0.2) is 53.6 Å². The summed E-state index contributed by atoms with van der Waals surface area (Å²) in [5, 5.41) is 14.8. The highest BCUT2D eigenvalue weighted by Crippen LogP contribution is 2.33. The van der Waals surface area contributed by atoms with Crippen LogP contribution in [0.2, 0.25) is 0 Å². The molecule has 0 radical (unpaired) electrons. The highest BCUT2D eigenvalue weighted by atomic mass is 79.9. The Morgan fingerprint density at radius 3 is 2.31 bits per heavy atom. The molecule has 0 saturated heterocycles. The van der Waals surface area contributed by atoms with Crippen LogP contribution in [0.3, 0.4) is 0 Å². The van der Waals surface area contributed by atoms with Gasteiger partial charge in [0.25, 0.3) is 0 Å². The molecule has 3 atom stereocenters. The molecule has 2 amide bonds. The fraction of sp³-hybridized carbons (Fsp3) is 0.448. The largest absolute Gasteiger partial charge is 0.496 e. The number of benzene rings is 2. The Morgan fingerprint density at radius 2 is 1.72 bits per heavy atom. The zero-order valence-electron chi connectivity index (χ0n) is 22.7. The van der Waals surface area contributed by atoms with Gasteiger partial charge in [-0.05, 0) is 36.1 Å². The van der Waals surface area contributed by atoms with Gasteiger partial charge in [0.2, 0.25) is 11.8 Å². The number of rotatable bonds is 16. The Hall–Kier alpha value is -2.85. The van der Waals surface area contributed by atoms with Gasteiger partial charge in [0, 0.05) is 15.8 Å². The lowest BCUT2D eigenvalue weighted by Crippen LogP contribution is -2.55. The fourth-order valence-electron chi connectivity index (χ4n) is 4.11. The number of aliphatic carboxylic acids is 1. The summed E-state index contributed by atoms with van der Waals surface area (Å²) in [5.74, 6) is -2.20. The van der Waals surface area contributed by atoms with Crippen molar-refractivity contribution < 1.29 is 29.0 Å². The molecule has 0 fully saturated rings. The lowest BCUT2D eigenvalue weighted by atomic mass is 9.91. The SMILES string of the molecule is CCC[C@@H](C(=O)N[C@H](C(=O)N[C@@H](CC(=O)O)C(=O)CSCc1ccccc1)C(C)C)c1cc(Br)ccc1OC. The monoisotopic (exact) mass is 620 g/mol.